The van der Waals surface area contributed by atoms with Gasteiger partial charge in [-0.1, -0.05) is 6.92 Å². The molecule has 1 rings (SSSR count). The van der Waals surface area contributed by atoms with Gasteiger partial charge in [0.05, 0.1) is 5.92 Å². The van der Waals surface area contributed by atoms with Crippen LogP contribution in [0.15, 0.2) is 0 Å². The number of esters is 1. The minimum atomic E-state index is -0.738. The van der Waals surface area contributed by atoms with Gasteiger partial charge in [0.1, 0.15) is 12.7 Å². The summed E-state index contributed by atoms with van der Waals surface area (Å²) in [6.45, 7) is 6.67. The van der Waals surface area contributed by atoms with Gasteiger partial charge >= 0.3 is 5.97 Å². The maximum Gasteiger partial charge on any atom is 0.309 e. The van der Waals surface area contributed by atoms with Crippen LogP contribution in [0, 0.1) is 5.92 Å². The van der Waals surface area contributed by atoms with Crippen LogP contribution in [-0.2, 0) is 14.3 Å². The summed E-state index contributed by atoms with van der Waals surface area (Å²) < 4.78 is 5.02. The van der Waals surface area contributed by atoms with E-state index in [2.05, 4.69) is 10.6 Å². The number of amides is 1. The first-order valence-corrected chi connectivity index (χ1v) is 7.70. The summed E-state index contributed by atoms with van der Waals surface area (Å²) in [7, 11) is 0. The molecule has 1 fully saturated rings. The normalized spacial score (nSPS) is 16.4. The van der Waals surface area contributed by atoms with Crippen molar-refractivity contribution in [2.75, 3.05) is 19.7 Å². The number of aliphatic hydroxyl groups excluding tert-OH is 1. The first-order valence-electron chi connectivity index (χ1n) is 7.70. The lowest BCUT2D eigenvalue weighted by atomic mass is 10.1. The van der Waals surface area contributed by atoms with E-state index in [0.717, 1.165) is 19.3 Å². The molecular weight excluding hydrogens is 272 g/mol. The Kier molecular flexibility index (Phi) is 7.11. The third-order valence-corrected chi connectivity index (χ3v) is 3.35. The fraction of sp³-hybridized carbons (Fsp3) is 0.867. The Morgan fingerprint density at radius 1 is 1.38 bits per heavy atom. The van der Waals surface area contributed by atoms with Crippen molar-refractivity contribution in [2.45, 2.75) is 58.1 Å². The van der Waals surface area contributed by atoms with E-state index in [0.29, 0.717) is 19.5 Å². The maximum absolute atomic E-state index is 11.4. The van der Waals surface area contributed by atoms with Crippen molar-refractivity contribution in [3.05, 3.63) is 0 Å². The van der Waals surface area contributed by atoms with Crippen LogP contribution in [0.25, 0.3) is 0 Å². The first kappa shape index (κ1) is 17.9. The zero-order chi connectivity index (χ0) is 15.9. The van der Waals surface area contributed by atoms with Crippen LogP contribution in [0.1, 0.15) is 46.5 Å². The Hall–Kier alpha value is -1.14. The van der Waals surface area contributed by atoms with Crippen LogP contribution in [0.5, 0.6) is 0 Å². The summed E-state index contributed by atoms with van der Waals surface area (Å²) in [5.74, 6) is -0.123. The van der Waals surface area contributed by atoms with Gasteiger partial charge in [-0.25, -0.2) is 0 Å². The van der Waals surface area contributed by atoms with Gasteiger partial charge in [-0.3, -0.25) is 9.59 Å². The lowest BCUT2D eigenvalue weighted by Gasteiger charge is -2.28. The van der Waals surface area contributed by atoms with Gasteiger partial charge in [-0.15, -0.1) is 0 Å². The van der Waals surface area contributed by atoms with Crippen LogP contribution in [0.3, 0.4) is 0 Å². The molecule has 1 atom stereocenters. The van der Waals surface area contributed by atoms with Crippen molar-refractivity contribution in [2.24, 2.45) is 5.92 Å². The number of nitrogens with one attached hydrogen (secondary N) is 2. The number of rotatable bonds is 10. The van der Waals surface area contributed by atoms with Crippen LogP contribution in [0.2, 0.25) is 0 Å². The number of carbonyl (C=O) groups excluding carboxylic acids is 2. The van der Waals surface area contributed by atoms with Gasteiger partial charge in [0.2, 0.25) is 5.91 Å². The molecular formula is C15H28N2O4. The summed E-state index contributed by atoms with van der Waals surface area (Å²) in [5, 5.41) is 15.8. The molecule has 0 aliphatic heterocycles. The van der Waals surface area contributed by atoms with E-state index in [9.17, 15) is 14.7 Å². The van der Waals surface area contributed by atoms with Gasteiger partial charge < -0.3 is 20.5 Å². The Bertz CT molecular complexity index is 354. The topological polar surface area (TPSA) is 87.7 Å². The quantitative estimate of drug-likeness (QED) is 0.514. The molecule has 21 heavy (non-hydrogen) atoms. The monoisotopic (exact) mass is 300 g/mol. The van der Waals surface area contributed by atoms with E-state index in [1.165, 1.54) is 0 Å². The Labute approximate surface area is 126 Å². The Morgan fingerprint density at radius 3 is 2.62 bits per heavy atom. The number of aliphatic hydroxyl groups is 1. The zero-order valence-electron chi connectivity index (χ0n) is 13.3. The predicted molar refractivity (Wildman–Crippen MR) is 79.7 cm³/mol. The van der Waals surface area contributed by atoms with Crippen molar-refractivity contribution < 1.29 is 19.4 Å². The summed E-state index contributed by atoms with van der Waals surface area (Å²) in [6, 6.07) is 0. The number of β-amino-alcohol motifs (C(OH)–C–C–N with tert-alkyl or cyclic N) is 1. The van der Waals surface area contributed by atoms with Crippen LogP contribution in [-0.4, -0.2) is 48.3 Å². The predicted octanol–water partition coefficient (Wildman–Crippen LogP) is 0.585. The lowest BCUT2D eigenvalue weighted by Crippen LogP contribution is -2.51. The molecule has 1 aliphatic carbocycles. The van der Waals surface area contributed by atoms with E-state index >= 15 is 0 Å². The average molecular weight is 300 g/mol. The molecule has 3 N–H and O–H groups in total. The van der Waals surface area contributed by atoms with E-state index in [1.807, 2.05) is 20.8 Å². The van der Waals surface area contributed by atoms with Crippen molar-refractivity contribution in [3.8, 4) is 0 Å². The molecule has 0 aromatic carbocycles. The fourth-order valence-corrected chi connectivity index (χ4v) is 1.77. The molecule has 0 bridgehead atoms. The number of ether oxygens (including phenoxy) is 1. The van der Waals surface area contributed by atoms with Crippen molar-refractivity contribution in [1.82, 2.24) is 10.6 Å². The largest absolute Gasteiger partial charge is 0.463 e. The summed E-state index contributed by atoms with van der Waals surface area (Å²) in [4.78, 5) is 22.8. The fourth-order valence-electron chi connectivity index (χ4n) is 1.77. The standard InChI is InChI=1S/C15H28N2O4/c1-4-5-13(19)16-10-15(2,3)17-8-12(18)9-21-14(20)11-6-7-11/h11-12,17-18H,4-10H2,1-3H3,(H,16,19). The summed E-state index contributed by atoms with van der Waals surface area (Å²) in [5.41, 5.74) is -0.328. The van der Waals surface area contributed by atoms with Gasteiger partial charge in [0, 0.05) is 25.0 Å². The molecule has 122 valence electrons. The first-order chi connectivity index (χ1) is 9.84. The molecule has 0 radical (unpaired) electrons. The van der Waals surface area contributed by atoms with Crippen LogP contribution in [0.4, 0.5) is 0 Å². The highest BCUT2D eigenvalue weighted by Crippen LogP contribution is 2.29. The van der Waals surface area contributed by atoms with Gasteiger partial charge in [-0.2, -0.15) is 0 Å². The number of carbonyl (C=O) groups is 2. The van der Waals surface area contributed by atoms with Crippen LogP contribution < -0.4 is 10.6 Å². The molecule has 0 spiro atoms. The van der Waals surface area contributed by atoms with Gasteiger partial charge in [0.25, 0.3) is 0 Å². The highest BCUT2D eigenvalue weighted by Gasteiger charge is 2.31. The second kappa shape index (κ2) is 8.34. The minimum absolute atomic E-state index is 0.0145. The average Bonchev–Trinajstić information content (AvgIpc) is 3.25. The minimum Gasteiger partial charge on any atom is -0.463 e. The molecule has 0 aromatic rings. The SMILES string of the molecule is CCCC(=O)NCC(C)(C)NCC(O)COC(=O)C1CC1. The molecule has 6 nitrogen and oxygen atoms in total. The van der Waals surface area contributed by atoms with Crippen molar-refractivity contribution in [3.63, 3.8) is 0 Å². The number of hydrogen-bond acceptors (Lipinski definition) is 5. The molecule has 1 aliphatic rings. The smallest absolute Gasteiger partial charge is 0.309 e. The lowest BCUT2D eigenvalue weighted by molar-refractivity contribution is -0.148. The second-order valence-electron chi connectivity index (χ2n) is 6.35. The van der Waals surface area contributed by atoms with Gasteiger partial charge in [0.15, 0.2) is 0 Å². The molecule has 0 heterocycles. The third-order valence-electron chi connectivity index (χ3n) is 3.35. The zero-order valence-corrected chi connectivity index (χ0v) is 13.3. The highest BCUT2D eigenvalue weighted by atomic mass is 16.5. The molecule has 0 saturated heterocycles. The molecule has 0 aromatic heterocycles. The van der Waals surface area contributed by atoms with Crippen LogP contribution >= 0.6 is 0 Å². The van der Waals surface area contributed by atoms with E-state index in [4.69, 9.17) is 4.74 Å². The molecule has 6 heteroatoms. The second-order valence-corrected chi connectivity index (χ2v) is 6.35. The third kappa shape index (κ3) is 8.02. The van der Waals surface area contributed by atoms with Gasteiger partial charge in [-0.05, 0) is 33.1 Å². The molecule has 1 saturated carbocycles. The Balaban J connectivity index is 2.15. The molecule has 1 unspecified atom stereocenters. The number of hydrogen-bond donors (Lipinski definition) is 3. The maximum atomic E-state index is 11.4. The van der Waals surface area contributed by atoms with E-state index in [-0.39, 0.29) is 29.9 Å². The summed E-state index contributed by atoms with van der Waals surface area (Å²) in [6.07, 6.45) is 2.41. The van der Waals surface area contributed by atoms with E-state index in [1.54, 1.807) is 0 Å². The van der Waals surface area contributed by atoms with E-state index < -0.39 is 6.10 Å². The summed E-state index contributed by atoms with van der Waals surface area (Å²) >= 11 is 0. The Morgan fingerprint density at radius 2 is 2.05 bits per heavy atom. The van der Waals surface area contributed by atoms with Crippen molar-refractivity contribution in [1.29, 1.82) is 0 Å². The van der Waals surface area contributed by atoms with Crippen molar-refractivity contribution >= 4 is 11.9 Å². The molecule has 1 amide bonds. The highest BCUT2D eigenvalue weighted by molar-refractivity contribution is 5.75.